The second kappa shape index (κ2) is 8.49. The summed E-state index contributed by atoms with van der Waals surface area (Å²) in [5.74, 6) is -0.808. The lowest BCUT2D eigenvalue weighted by atomic mass is 9.99. The maximum atomic E-state index is 12.8. The first kappa shape index (κ1) is 20.2. The van der Waals surface area contributed by atoms with E-state index in [9.17, 15) is 14.4 Å². The third-order valence-electron chi connectivity index (χ3n) is 4.08. The van der Waals surface area contributed by atoms with Gasteiger partial charge in [0.25, 0.3) is 5.91 Å². The highest BCUT2D eigenvalue weighted by atomic mass is 16.2. The van der Waals surface area contributed by atoms with E-state index in [-0.39, 0.29) is 23.8 Å². The summed E-state index contributed by atoms with van der Waals surface area (Å²) >= 11 is 0. The van der Waals surface area contributed by atoms with Crippen LogP contribution >= 0.6 is 0 Å². The topological polar surface area (TPSA) is 87.3 Å². The second-order valence-electron chi connectivity index (χ2n) is 6.72. The molecule has 2 aromatic carbocycles. The number of carbonyl (C=O) groups is 3. The van der Waals surface area contributed by atoms with Gasteiger partial charge in [-0.05, 0) is 50.1 Å². The molecule has 0 spiro atoms. The zero-order valence-corrected chi connectivity index (χ0v) is 16.3. The fourth-order valence-corrected chi connectivity index (χ4v) is 2.89. The van der Waals surface area contributed by atoms with Gasteiger partial charge in [-0.3, -0.25) is 14.4 Å². The predicted octanol–water partition coefficient (Wildman–Crippen LogP) is 3.71. The number of anilines is 2. The SMILES string of the molecule is CC(=O)Nc1cc(NC(C)=O)cc(C(=O)NC(C)c2cc(C)ccc2C)c1. The number of amides is 3. The average Bonchev–Trinajstić information content (AvgIpc) is 2.55. The van der Waals surface area contributed by atoms with E-state index in [1.54, 1.807) is 18.2 Å². The molecule has 2 aromatic rings. The van der Waals surface area contributed by atoms with Gasteiger partial charge in [-0.1, -0.05) is 23.8 Å². The first-order valence-electron chi connectivity index (χ1n) is 8.74. The maximum absolute atomic E-state index is 12.8. The van der Waals surface area contributed by atoms with Crippen molar-refractivity contribution >= 4 is 29.1 Å². The zero-order chi connectivity index (χ0) is 20.1. The van der Waals surface area contributed by atoms with Crippen molar-refractivity contribution in [1.29, 1.82) is 0 Å². The van der Waals surface area contributed by atoms with Gasteiger partial charge in [0.15, 0.2) is 0 Å². The molecule has 0 bridgehead atoms. The summed E-state index contributed by atoms with van der Waals surface area (Å²) in [4.78, 5) is 35.5. The van der Waals surface area contributed by atoms with Crippen molar-refractivity contribution in [2.24, 2.45) is 0 Å². The molecule has 6 heteroatoms. The smallest absolute Gasteiger partial charge is 0.251 e. The summed E-state index contributed by atoms with van der Waals surface area (Å²) in [6.07, 6.45) is 0. The summed E-state index contributed by atoms with van der Waals surface area (Å²) < 4.78 is 0. The van der Waals surface area contributed by atoms with E-state index in [0.29, 0.717) is 16.9 Å². The highest BCUT2D eigenvalue weighted by Gasteiger charge is 2.15. The Morgan fingerprint density at radius 1 is 0.852 bits per heavy atom. The molecule has 27 heavy (non-hydrogen) atoms. The molecule has 142 valence electrons. The van der Waals surface area contributed by atoms with Crippen LogP contribution in [0.5, 0.6) is 0 Å². The number of rotatable bonds is 5. The summed E-state index contributed by atoms with van der Waals surface area (Å²) in [6, 6.07) is 10.7. The predicted molar refractivity (Wildman–Crippen MR) is 107 cm³/mol. The molecule has 2 rings (SSSR count). The van der Waals surface area contributed by atoms with E-state index in [2.05, 4.69) is 22.0 Å². The highest BCUT2D eigenvalue weighted by molar-refractivity contribution is 6.00. The normalized spacial score (nSPS) is 11.4. The van der Waals surface area contributed by atoms with Gasteiger partial charge >= 0.3 is 0 Å². The van der Waals surface area contributed by atoms with Crippen LogP contribution in [0, 0.1) is 13.8 Å². The number of nitrogens with one attached hydrogen (secondary N) is 3. The molecule has 0 aromatic heterocycles. The van der Waals surface area contributed by atoms with E-state index in [4.69, 9.17) is 0 Å². The molecule has 0 aliphatic rings. The van der Waals surface area contributed by atoms with Crippen LogP contribution in [0.2, 0.25) is 0 Å². The average molecular weight is 367 g/mol. The molecule has 3 amide bonds. The van der Waals surface area contributed by atoms with E-state index in [1.807, 2.05) is 32.9 Å². The fourth-order valence-electron chi connectivity index (χ4n) is 2.89. The lowest BCUT2D eigenvalue weighted by molar-refractivity contribution is -0.115. The van der Waals surface area contributed by atoms with Gasteiger partial charge in [0.2, 0.25) is 11.8 Å². The van der Waals surface area contributed by atoms with Crippen LogP contribution in [0.25, 0.3) is 0 Å². The lowest BCUT2D eigenvalue weighted by Crippen LogP contribution is -2.27. The van der Waals surface area contributed by atoms with Crippen LogP contribution < -0.4 is 16.0 Å². The zero-order valence-electron chi connectivity index (χ0n) is 16.3. The van der Waals surface area contributed by atoms with Crippen LogP contribution in [-0.2, 0) is 9.59 Å². The van der Waals surface area contributed by atoms with Gasteiger partial charge in [-0.2, -0.15) is 0 Å². The van der Waals surface area contributed by atoms with Crippen molar-refractivity contribution in [3.63, 3.8) is 0 Å². The molecule has 6 nitrogen and oxygen atoms in total. The van der Waals surface area contributed by atoms with Crippen LogP contribution in [0.4, 0.5) is 11.4 Å². The van der Waals surface area contributed by atoms with Gasteiger partial charge in [0.1, 0.15) is 0 Å². The van der Waals surface area contributed by atoms with Crippen molar-refractivity contribution in [3.05, 3.63) is 58.7 Å². The summed E-state index contributed by atoms with van der Waals surface area (Å²) in [6.45, 7) is 8.70. The number of aryl methyl sites for hydroxylation is 2. The van der Waals surface area contributed by atoms with Gasteiger partial charge in [0, 0.05) is 30.8 Å². The van der Waals surface area contributed by atoms with E-state index in [0.717, 1.165) is 16.7 Å². The molecular formula is C21H25N3O3. The summed E-state index contributed by atoms with van der Waals surface area (Å²) in [5, 5.41) is 8.27. The van der Waals surface area contributed by atoms with Crippen molar-refractivity contribution in [3.8, 4) is 0 Å². The highest BCUT2D eigenvalue weighted by Crippen LogP contribution is 2.22. The molecule has 3 N–H and O–H groups in total. The largest absolute Gasteiger partial charge is 0.346 e. The van der Waals surface area contributed by atoms with Crippen LogP contribution in [0.3, 0.4) is 0 Å². The standard InChI is InChI=1S/C21H25N3O3/c1-12-6-7-13(2)20(8-12)14(3)22-21(27)17-9-18(23-15(4)25)11-19(10-17)24-16(5)26/h6-11,14H,1-5H3,(H,22,27)(H,23,25)(H,24,26). The Bertz CT molecular complexity index is 856. The van der Waals surface area contributed by atoms with Gasteiger partial charge < -0.3 is 16.0 Å². The quantitative estimate of drug-likeness (QED) is 0.753. The van der Waals surface area contributed by atoms with Crippen LogP contribution in [0.15, 0.2) is 36.4 Å². The molecule has 0 saturated heterocycles. The Balaban J connectivity index is 2.29. The third-order valence-corrected chi connectivity index (χ3v) is 4.08. The summed E-state index contributed by atoms with van der Waals surface area (Å²) in [5.41, 5.74) is 4.50. The Hall–Kier alpha value is -3.15. The van der Waals surface area contributed by atoms with E-state index >= 15 is 0 Å². The minimum absolute atomic E-state index is 0.189. The molecule has 0 aliphatic heterocycles. The molecular weight excluding hydrogens is 342 g/mol. The molecule has 1 atom stereocenters. The molecule has 0 fully saturated rings. The van der Waals surface area contributed by atoms with Crippen molar-refractivity contribution in [2.45, 2.75) is 40.7 Å². The monoisotopic (exact) mass is 367 g/mol. The molecule has 0 radical (unpaired) electrons. The molecule has 1 unspecified atom stereocenters. The van der Waals surface area contributed by atoms with Crippen LogP contribution in [0.1, 0.15) is 53.9 Å². The van der Waals surface area contributed by atoms with Crippen LogP contribution in [-0.4, -0.2) is 17.7 Å². The minimum Gasteiger partial charge on any atom is -0.346 e. The Morgan fingerprint density at radius 2 is 1.41 bits per heavy atom. The Labute approximate surface area is 159 Å². The first-order valence-corrected chi connectivity index (χ1v) is 8.74. The second-order valence-corrected chi connectivity index (χ2v) is 6.72. The van der Waals surface area contributed by atoms with E-state index in [1.165, 1.54) is 13.8 Å². The Kier molecular flexibility index (Phi) is 6.34. The van der Waals surface area contributed by atoms with Gasteiger partial charge in [0.05, 0.1) is 6.04 Å². The Morgan fingerprint density at radius 3 is 1.93 bits per heavy atom. The molecule has 0 heterocycles. The van der Waals surface area contributed by atoms with Crippen molar-refractivity contribution < 1.29 is 14.4 Å². The number of hydrogen-bond donors (Lipinski definition) is 3. The van der Waals surface area contributed by atoms with Crippen molar-refractivity contribution in [1.82, 2.24) is 5.32 Å². The summed E-state index contributed by atoms with van der Waals surface area (Å²) in [7, 11) is 0. The molecule has 0 saturated carbocycles. The maximum Gasteiger partial charge on any atom is 0.251 e. The molecule has 0 aliphatic carbocycles. The number of hydrogen-bond acceptors (Lipinski definition) is 3. The number of carbonyl (C=O) groups excluding carboxylic acids is 3. The lowest BCUT2D eigenvalue weighted by Gasteiger charge is -2.18. The van der Waals surface area contributed by atoms with Gasteiger partial charge in [-0.25, -0.2) is 0 Å². The minimum atomic E-state index is -0.290. The first-order chi connectivity index (χ1) is 12.7. The number of benzene rings is 2. The third kappa shape index (κ3) is 5.67. The fraction of sp³-hybridized carbons (Fsp3) is 0.286. The van der Waals surface area contributed by atoms with E-state index < -0.39 is 0 Å². The van der Waals surface area contributed by atoms with Crippen molar-refractivity contribution in [2.75, 3.05) is 10.6 Å². The van der Waals surface area contributed by atoms with Gasteiger partial charge in [-0.15, -0.1) is 0 Å².